The zero-order chi connectivity index (χ0) is 19.6. The number of nitro benzene ring substituents is 1. The predicted molar refractivity (Wildman–Crippen MR) is 102 cm³/mol. The molecule has 144 valence electrons. The molecule has 0 unspecified atom stereocenters. The number of methoxy groups -OCH3 is 1. The molecule has 0 amide bonds. The molecule has 2 aromatic rings. The number of ether oxygens (including phenoxy) is 1. The lowest BCUT2D eigenvalue weighted by molar-refractivity contribution is -0.385. The molecular formula is C18H21N3O5S. The van der Waals surface area contributed by atoms with Crippen molar-refractivity contribution < 1.29 is 18.1 Å². The van der Waals surface area contributed by atoms with E-state index in [4.69, 9.17) is 4.74 Å². The molecule has 0 atom stereocenters. The number of piperazine rings is 1. The van der Waals surface area contributed by atoms with Crippen LogP contribution in [0.3, 0.4) is 0 Å². The zero-order valence-corrected chi connectivity index (χ0v) is 16.0. The van der Waals surface area contributed by atoms with E-state index in [1.165, 1.54) is 17.5 Å². The normalized spacial score (nSPS) is 15.6. The van der Waals surface area contributed by atoms with Gasteiger partial charge in [-0.3, -0.25) is 10.1 Å². The van der Waals surface area contributed by atoms with Gasteiger partial charge in [0, 0.05) is 43.5 Å². The standard InChI is InChI=1S/C18H21N3O5S/c1-14-13-15(3-8-18(14)21(22)23)19-9-11-20(12-10-19)27(24,25)17-6-4-16(26-2)5-7-17/h3-8,13H,9-12H2,1-2H3. The van der Waals surface area contributed by atoms with Crippen molar-refractivity contribution in [2.45, 2.75) is 11.8 Å². The van der Waals surface area contributed by atoms with Crippen molar-refractivity contribution in [1.29, 1.82) is 0 Å². The molecular weight excluding hydrogens is 370 g/mol. The summed E-state index contributed by atoms with van der Waals surface area (Å²) in [6, 6.07) is 11.3. The summed E-state index contributed by atoms with van der Waals surface area (Å²) in [6.45, 7) is 3.44. The molecule has 1 aliphatic heterocycles. The van der Waals surface area contributed by atoms with E-state index in [1.54, 1.807) is 43.3 Å². The van der Waals surface area contributed by atoms with E-state index in [-0.39, 0.29) is 10.6 Å². The quantitative estimate of drug-likeness (QED) is 0.574. The molecule has 1 aliphatic rings. The number of benzene rings is 2. The summed E-state index contributed by atoms with van der Waals surface area (Å²) < 4.78 is 32.1. The van der Waals surface area contributed by atoms with Gasteiger partial charge in [-0.05, 0) is 43.3 Å². The maximum atomic E-state index is 12.8. The second kappa shape index (κ2) is 7.53. The molecule has 3 rings (SSSR count). The van der Waals surface area contributed by atoms with Gasteiger partial charge in [0.2, 0.25) is 10.0 Å². The van der Waals surface area contributed by atoms with E-state index in [9.17, 15) is 18.5 Å². The fraction of sp³-hybridized carbons (Fsp3) is 0.333. The molecule has 27 heavy (non-hydrogen) atoms. The van der Waals surface area contributed by atoms with Crippen molar-refractivity contribution in [3.63, 3.8) is 0 Å². The Morgan fingerprint density at radius 1 is 1.04 bits per heavy atom. The van der Waals surface area contributed by atoms with Gasteiger partial charge in [0.25, 0.3) is 5.69 Å². The molecule has 1 saturated heterocycles. The Balaban J connectivity index is 1.71. The zero-order valence-electron chi connectivity index (χ0n) is 15.2. The minimum atomic E-state index is -3.56. The van der Waals surface area contributed by atoms with E-state index in [0.29, 0.717) is 37.5 Å². The van der Waals surface area contributed by atoms with Crippen molar-refractivity contribution in [3.8, 4) is 5.75 Å². The number of aryl methyl sites for hydroxylation is 1. The number of sulfonamides is 1. The number of nitrogens with zero attached hydrogens (tertiary/aromatic N) is 3. The first-order valence-corrected chi connectivity index (χ1v) is 9.91. The molecule has 0 aliphatic carbocycles. The Bertz CT molecular complexity index is 936. The van der Waals surface area contributed by atoms with Gasteiger partial charge in [-0.15, -0.1) is 0 Å². The smallest absolute Gasteiger partial charge is 0.272 e. The van der Waals surface area contributed by atoms with E-state index in [0.717, 1.165) is 5.69 Å². The van der Waals surface area contributed by atoms with Gasteiger partial charge in [-0.25, -0.2) is 8.42 Å². The summed E-state index contributed by atoms with van der Waals surface area (Å²) in [7, 11) is -2.03. The monoisotopic (exact) mass is 391 g/mol. The van der Waals surface area contributed by atoms with Gasteiger partial charge >= 0.3 is 0 Å². The van der Waals surface area contributed by atoms with E-state index < -0.39 is 14.9 Å². The number of hydrogen-bond acceptors (Lipinski definition) is 6. The van der Waals surface area contributed by atoms with Crippen LogP contribution in [0.5, 0.6) is 5.75 Å². The SMILES string of the molecule is COc1ccc(S(=O)(=O)N2CCN(c3ccc([N+](=O)[O-])c(C)c3)CC2)cc1. The van der Waals surface area contributed by atoms with Gasteiger partial charge in [0.1, 0.15) is 5.75 Å². The first kappa shape index (κ1) is 19.1. The summed E-state index contributed by atoms with van der Waals surface area (Å²) in [4.78, 5) is 12.8. The first-order valence-electron chi connectivity index (χ1n) is 8.47. The molecule has 0 bridgehead atoms. The molecule has 1 fully saturated rings. The predicted octanol–water partition coefficient (Wildman–Crippen LogP) is 2.42. The van der Waals surface area contributed by atoms with E-state index in [1.807, 2.05) is 4.90 Å². The van der Waals surface area contributed by atoms with Gasteiger partial charge in [-0.2, -0.15) is 4.31 Å². The highest BCUT2D eigenvalue weighted by atomic mass is 32.2. The number of rotatable bonds is 5. The van der Waals surface area contributed by atoms with Crippen LogP contribution >= 0.6 is 0 Å². The summed E-state index contributed by atoms with van der Waals surface area (Å²) in [5, 5.41) is 10.9. The second-order valence-electron chi connectivity index (χ2n) is 6.29. The highest BCUT2D eigenvalue weighted by Gasteiger charge is 2.29. The van der Waals surface area contributed by atoms with Gasteiger partial charge in [-0.1, -0.05) is 0 Å². The van der Waals surface area contributed by atoms with E-state index >= 15 is 0 Å². The van der Waals surface area contributed by atoms with Gasteiger partial charge < -0.3 is 9.64 Å². The lowest BCUT2D eigenvalue weighted by Crippen LogP contribution is -2.48. The average Bonchev–Trinajstić information content (AvgIpc) is 2.67. The third-order valence-corrected chi connectivity index (χ3v) is 6.59. The molecule has 0 N–H and O–H groups in total. The maximum absolute atomic E-state index is 12.8. The fourth-order valence-electron chi connectivity index (χ4n) is 3.12. The van der Waals surface area contributed by atoms with Crippen LogP contribution in [-0.4, -0.2) is 50.9 Å². The average molecular weight is 391 g/mol. The number of hydrogen-bond donors (Lipinski definition) is 0. The molecule has 1 heterocycles. The van der Waals surface area contributed by atoms with Crippen LogP contribution in [0, 0.1) is 17.0 Å². The second-order valence-corrected chi connectivity index (χ2v) is 8.23. The van der Waals surface area contributed by atoms with Crippen molar-refractivity contribution in [3.05, 3.63) is 58.1 Å². The van der Waals surface area contributed by atoms with Crippen molar-refractivity contribution in [1.82, 2.24) is 4.31 Å². The highest BCUT2D eigenvalue weighted by Crippen LogP contribution is 2.26. The largest absolute Gasteiger partial charge is 0.497 e. The van der Waals surface area contributed by atoms with Crippen LogP contribution < -0.4 is 9.64 Å². The van der Waals surface area contributed by atoms with Crippen LogP contribution in [0.1, 0.15) is 5.56 Å². The molecule has 9 heteroatoms. The summed E-state index contributed by atoms with van der Waals surface area (Å²) in [5.41, 5.74) is 1.53. The van der Waals surface area contributed by atoms with Crippen LogP contribution in [0.2, 0.25) is 0 Å². The molecule has 8 nitrogen and oxygen atoms in total. The molecule has 0 aromatic heterocycles. The Labute approximate surface area is 158 Å². The van der Waals surface area contributed by atoms with E-state index in [2.05, 4.69) is 0 Å². The molecule has 0 spiro atoms. The van der Waals surface area contributed by atoms with Crippen molar-refractivity contribution >= 4 is 21.4 Å². The fourth-order valence-corrected chi connectivity index (χ4v) is 4.55. The first-order chi connectivity index (χ1) is 12.8. The summed E-state index contributed by atoms with van der Waals surface area (Å²) in [5.74, 6) is 0.604. The summed E-state index contributed by atoms with van der Waals surface area (Å²) >= 11 is 0. The Hall–Kier alpha value is -2.65. The van der Waals surface area contributed by atoms with Gasteiger partial charge in [0.05, 0.1) is 16.9 Å². The van der Waals surface area contributed by atoms with Crippen molar-refractivity contribution in [2.75, 3.05) is 38.2 Å². The minimum Gasteiger partial charge on any atom is -0.497 e. The van der Waals surface area contributed by atoms with Crippen molar-refractivity contribution in [2.24, 2.45) is 0 Å². The molecule has 0 saturated carbocycles. The van der Waals surface area contributed by atoms with Crippen LogP contribution in [-0.2, 0) is 10.0 Å². The van der Waals surface area contributed by atoms with Crippen LogP contribution in [0.4, 0.5) is 11.4 Å². The molecule has 2 aromatic carbocycles. The lowest BCUT2D eigenvalue weighted by atomic mass is 10.1. The molecule has 0 radical (unpaired) electrons. The van der Waals surface area contributed by atoms with Gasteiger partial charge in [0.15, 0.2) is 0 Å². The third-order valence-electron chi connectivity index (χ3n) is 4.68. The Morgan fingerprint density at radius 3 is 2.19 bits per heavy atom. The maximum Gasteiger partial charge on any atom is 0.272 e. The number of anilines is 1. The minimum absolute atomic E-state index is 0.0828. The lowest BCUT2D eigenvalue weighted by Gasteiger charge is -2.35. The summed E-state index contributed by atoms with van der Waals surface area (Å²) in [6.07, 6.45) is 0. The Morgan fingerprint density at radius 2 is 1.67 bits per heavy atom. The highest BCUT2D eigenvalue weighted by molar-refractivity contribution is 7.89. The topological polar surface area (TPSA) is 93.0 Å². The Kier molecular flexibility index (Phi) is 5.33. The number of nitro groups is 1. The third kappa shape index (κ3) is 3.88. The van der Waals surface area contributed by atoms with Crippen LogP contribution in [0.25, 0.3) is 0 Å². The van der Waals surface area contributed by atoms with Crippen LogP contribution in [0.15, 0.2) is 47.4 Å².